The van der Waals surface area contributed by atoms with Gasteiger partial charge in [0.15, 0.2) is 5.69 Å². The minimum Gasteiger partial charge on any atom is -0.488 e. The fourth-order valence-electron chi connectivity index (χ4n) is 2.83. The number of halogens is 2. The second-order valence-electron chi connectivity index (χ2n) is 6.03. The van der Waals surface area contributed by atoms with E-state index < -0.39 is 25.0 Å². The summed E-state index contributed by atoms with van der Waals surface area (Å²) in [6.07, 6.45) is -2.60. The third-order valence-electron chi connectivity index (χ3n) is 4.16. The molecule has 0 aliphatic heterocycles. The number of benzene rings is 2. The Morgan fingerprint density at radius 3 is 2.17 bits per heavy atom. The molecule has 0 unspecified atom stereocenters. The number of rotatable bonds is 7. The predicted octanol–water partition coefficient (Wildman–Crippen LogP) is 3.76. The summed E-state index contributed by atoms with van der Waals surface area (Å²) in [5, 5.41) is 4.45. The van der Waals surface area contributed by atoms with Gasteiger partial charge in [-0.2, -0.15) is 5.10 Å². The zero-order chi connectivity index (χ0) is 21.7. The predicted molar refractivity (Wildman–Crippen MR) is 103 cm³/mol. The molecule has 0 amide bonds. The Kier molecular flexibility index (Phi) is 6.41. The standard InChI is InChI=1S/C21H18F2N2O5/c1-28-20(26)17-18(13-8-10-15(11-9-13)30-12-16(22)23)24-25(19(17)21(27)29-2)14-6-4-3-5-7-14/h3-11,16H,12H2,1-2H3. The summed E-state index contributed by atoms with van der Waals surface area (Å²) in [7, 11) is 2.38. The van der Waals surface area contributed by atoms with Gasteiger partial charge in [0.25, 0.3) is 6.43 Å². The number of para-hydroxylation sites is 1. The molecule has 156 valence electrons. The first-order valence-electron chi connectivity index (χ1n) is 8.82. The summed E-state index contributed by atoms with van der Waals surface area (Å²) in [6.45, 7) is -0.734. The highest BCUT2D eigenvalue weighted by Gasteiger charge is 2.31. The number of hydrogen-bond acceptors (Lipinski definition) is 6. The van der Waals surface area contributed by atoms with Crippen molar-refractivity contribution in [3.05, 3.63) is 65.9 Å². The number of methoxy groups -OCH3 is 2. The van der Waals surface area contributed by atoms with Crippen molar-refractivity contribution in [1.29, 1.82) is 0 Å². The molecule has 2 aromatic carbocycles. The molecule has 0 aliphatic rings. The van der Waals surface area contributed by atoms with E-state index in [9.17, 15) is 18.4 Å². The fraction of sp³-hybridized carbons (Fsp3) is 0.190. The normalized spacial score (nSPS) is 10.7. The lowest BCUT2D eigenvalue weighted by Crippen LogP contribution is -2.15. The molecule has 9 heteroatoms. The van der Waals surface area contributed by atoms with Crippen LogP contribution in [-0.4, -0.2) is 49.0 Å². The quantitative estimate of drug-likeness (QED) is 0.546. The number of carbonyl (C=O) groups is 2. The molecule has 7 nitrogen and oxygen atoms in total. The van der Waals surface area contributed by atoms with Gasteiger partial charge in [-0.3, -0.25) is 0 Å². The van der Waals surface area contributed by atoms with Crippen molar-refractivity contribution >= 4 is 11.9 Å². The minimum atomic E-state index is -2.60. The van der Waals surface area contributed by atoms with Gasteiger partial charge in [0.1, 0.15) is 23.6 Å². The third-order valence-corrected chi connectivity index (χ3v) is 4.16. The van der Waals surface area contributed by atoms with Crippen LogP contribution in [0.3, 0.4) is 0 Å². The second-order valence-corrected chi connectivity index (χ2v) is 6.03. The molecular weight excluding hydrogens is 398 g/mol. The van der Waals surface area contributed by atoms with E-state index in [1.54, 1.807) is 42.5 Å². The Morgan fingerprint density at radius 1 is 0.967 bits per heavy atom. The SMILES string of the molecule is COC(=O)c1c(-c2ccc(OCC(F)F)cc2)nn(-c2ccccc2)c1C(=O)OC. The largest absolute Gasteiger partial charge is 0.488 e. The maximum Gasteiger partial charge on any atom is 0.357 e. The maximum absolute atomic E-state index is 12.5. The average molecular weight is 416 g/mol. The first kappa shape index (κ1) is 21.0. The molecule has 1 aromatic heterocycles. The Labute approximate surface area is 170 Å². The van der Waals surface area contributed by atoms with Crippen LogP contribution in [0.5, 0.6) is 5.75 Å². The van der Waals surface area contributed by atoms with Crippen molar-refractivity contribution in [2.45, 2.75) is 6.43 Å². The van der Waals surface area contributed by atoms with Gasteiger partial charge < -0.3 is 14.2 Å². The van der Waals surface area contributed by atoms with Crippen molar-refractivity contribution in [2.75, 3.05) is 20.8 Å². The molecular formula is C21H18F2N2O5. The van der Waals surface area contributed by atoms with Gasteiger partial charge >= 0.3 is 11.9 Å². The zero-order valence-corrected chi connectivity index (χ0v) is 16.2. The molecule has 0 spiro atoms. The van der Waals surface area contributed by atoms with Gasteiger partial charge in [0, 0.05) is 5.56 Å². The molecule has 0 atom stereocenters. The van der Waals surface area contributed by atoms with Gasteiger partial charge in [0.05, 0.1) is 19.9 Å². The molecule has 0 aliphatic carbocycles. The topological polar surface area (TPSA) is 79.7 Å². The summed E-state index contributed by atoms with van der Waals surface area (Å²) in [5.74, 6) is -1.31. The Morgan fingerprint density at radius 2 is 1.60 bits per heavy atom. The zero-order valence-electron chi connectivity index (χ0n) is 16.2. The van der Waals surface area contributed by atoms with Crippen molar-refractivity contribution < 1.29 is 32.6 Å². The van der Waals surface area contributed by atoms with E-state index in [0.717, 1.165) is 0 Å². The lowest BCUT2D eigenvalue weighted by atomic mass is 10.1. The van der Waals surface area contributed by atoms with Crippen LogP contribution in [0.15, 0.2) is 54.6 Å². The molecule has 0 saturated carbocycles. The number of esters is 2. The Hall–Kier alpha value is -3.75. The highest BCUT2D eigenvalue weighted by atomic mass is 19.3. The first-order valence-corrected chi connectivity index (χ1v) is 8.82. The van der Waals surface area contributed by atoms with Crippen LogP contribution in [0.1, 0.15) is 20.8 Å². The number of hydrogen-bond donors (Lipinski definition) is 0. The van der Waals surface area contributed by atoms with E-state index in [4.69, 9.17) is 14.2 Å². The third kappa shape index (κ3) is 4.29. The number of alkyl halides is 2. The highest BCUT2D eigenvalue weighted by Crippen LogP contribution is 2.30. The first-order chi connectivity index (χ1) is 14.5. The molecule has 3 aromatic rings. The summed E-state index contributed by atoms with van der Waals surface area (Å²) in [6, 6.07) is 14.8. The summed E-state index contributed by atoms with van der Waals surface area (Å²) >= 11 is 0. The smallest absolute Gasteiger partial charge is 0.357 e. The monoisotopic (exact) mass is 416 g/mol. The van der Waals surface area contributed by atoms with E-state index >= 15 is 0 Å². The summed E-state index contributed by atoms with van der Waals surface area (Å²) < 4.78 is 40.7. The maximum atomic E-state index is 12.5. The Balaban J connectivity index is 2.15. The van der Waals surface area contributed by atoms with Crippen molar-refractivity contribution in [2.24, 2.45) is 0 Å². The van der Waals surface area contributed by atoms with Crippen LogP contribution in [0.4, 0.5) is 8.78 Å². The van der Waals surface area contributed by atoms with Crippen LogP contribution < -0.4 is 4.74 Å². The molecule has 0 N–H and O–H groups in total. The number of nitrogens with zero attached hydrogens (tertiary/aromatic N) is 2. The minimum absolute atomic E-state index is 0.0746. The van der Waals surface area contributed by atoms with Crippen LogP contribution >= 0.6 is 0 Å². The van der Waals surface area contributed by atoms with Crippen molar-refractivity contribution in [1.82, 2.24) is 9.78 Å². The van der Waals surface area contributed by atoms with E-state index in [-0.39, 0.29) is 22.7 Å². The summed E-state index contributed by atoms with van der Waals surface area (Å²) in [5.41, 5.74) is 0.996. The van der Waals surface area contributed by atoms with E-state index in [2.05, 4.69) is 5.10 Å². The van der Waals surface area contributed by atoms with E-state index in [0.29, 0.717) is 11.3 Å². The lowest BCUT2D eigenvalue weighted by Gasteiger charge is -2.07. The number of ether oxygens (including phenoxy) is 3. The second kappa shape index (κ2) is 9.17. The van der Waals surface area contributed by atoms with Crippen molar-refractivity contribution in [3.63, 3.8) is 0 Å². The van der Waals surface area contributed by atoms with Gasteiger partial charge in [-0.1, -0.05) is 18.2 Å². The van der Waals surface area contributed by atoms with Gasteiger partial charge in [-0.25, -0.2) is 23.1 Å². The molecule has 3 rings (SSSR count). The van der Waals surface area contributed by atoms with Crippen LogP contribution in [0.2, 0.25) is 0 Å². The van der Waals surface area contributed by atoms with Crippen LogP contribution in [0, 0.1) is 0 Å². The molecule has 0 radical (unpaired) electrons. The van der Waals surface area contributed by atoms with Crippen molar-refractivity contribution in [3.8, 4) is 22.7 Å². The van der Waals surface area contributed by atoms with Crippen LogP contribution in [0.25, 0.3) is 16.9 Å². The van der Waals surface area contributed by atoms with Gasteiger partial charge in [-0.05, 0) is 36.4 Å². The molecule has 1 heterocycles. The number of aromatic nitrogens is 2. The van der Waals surface area contributed by atoms with E-state index in [1.807, 2.05) is 0 Å². The van der Waals surface area contributed by atoms with Crippen LogP contribution in [-0.2, 0) is 9.47 Å². The molecule has 0 bridgehead atoms. The Bertz CT molecular complexity index is 1030. The fourth-order valence-corrected chi connectivity index (χ4v) is 2.83. The molecule has 0 fully saturated rings. The average Bonchev–Trinajstić information content (AvgIpc) is 3.18. The highest BCUT2D eigenvalue weighted by molar-refractivity contribution is 6.06. The molecule has 0 saturated heterocycles. The molecule has 30 heavy (non-hydrogen) atoms. The van der Waals surface area contributed by atoms with Gasteiger partial charge in [-0.15, -0.1) is 0 Å². The summed E-state index contributed by atoms with van der Waals surface area (Å²) in [4.78, 5) is 25.1. The van der Waals surface area contributed by atoms with Gasteiger partial charge in [0.2, 0.25) is 0 Å². The van der Waals surface area contributed by atoms with E-state index in [1.165, 1.54) is 31.0 Å². The number of carbonyl (C=O) groups excluding carboxylic acids is 2. The lowest BCUT2D eigenvalue weighted by molar-refractivity contribution is 0.0549.